The predicted molar refractivity (Wildman–Crippen MR) is 87.5 cm³/mol. The van der Waals surface area contributed by atoms with E-state index >= 15 is 0 Å². The molecule has 1 aliphatic heterocycles. The molecule has 1 unspecified atom stereocenters. The molecule has 1 aromatic heterocycles. The molecule has 2 heterocycles. The fourth-order valence-electron chi connectivity index (χ4n) is 2.70. The maximum atomic E-state index is 12.9. The third-order valence-corrected chi connectivity index (χ3v) is 3.96. The molecule has 22 heavy (non-hydrogen) atoms. The molecule has 0 fully saturated rings. The highest BCUT2D eigenvalue weighted by atomic mass is 16.2. The molecule has 0 radical (unpaired) electrons. The maximum absolute atomic E-state index is 12.9. The lowest BCUT2D eigenvalue weighted by Gasteiger charge is -2.22. The summed E-state index contributed by atoms with van der Waals surface area (Å²) in [6.07, 6.45) is 2.46. The summed E-state index contributed by atoms with van der Waals surface area (Å²) in [5.41, 5.74) is 2.24. The quantitative estimate of drug-likeness (QED) is 0.878. The van der Waals surface area contributed by atoms with E-state index in [4.69, 9.17) is 0 Å². The first-order valence-corrected chi connectivity index (χ1v) is 7.40. The summed E-state index contributed by atoms with van der Waals surface area (Å²) in [5, 5.41) is 3.43. The molecule has 1 amide bonds. The Bertz CT molecular complexity index is 766. The van der Waals surface area contributed by atoms with Gasteiger partial charge in [0.05, 0.1) is 16.9 Å². The van der Waals surface area contributed by atoms with Crippen molar-refractivity contribution < 1.29 is 4.79 Å². The second kappa shape index (κ2) is 5.67. The Labute approximate surface area is 129 Å². The average molecular weight is 297 g/mol. The first kappa shape index (κ1) is 14.4. The third kappa shape index (κ3) is 2.62. The van der Waals surface area contributed by atoms with E-state index in [1.807, 2.05) is 24.3 Å². The number of aryl methyl sites for hydroxylation is 1. The van der Waals surface area contributed by atoms with Gasteiger partial charge in [0.1, 0.15) is 0 Å². The minimum atomic E-state index is -0.122. The van der Waals surface area contributed by atoms with Crippen LogP contribution < -0.4 is 15.8 Å². The van der Waals surface area contributed by atoms with E-state index in [0.717, 1.165) is 17.8 Å². The fourth-order valence-corrected chi connectivity index (χ4v) is 2.70. The molecule has 1 N–H and O–H groups in total. The van der Waals surface area contributed by atoms with Crippen molar-refractivity contribution in [3.05, 3.63) is 58.5 Å². The average Bonchev–Trinajstić information content (AvgIpc) is 2.67. The van der Waals surface area contributed by atoms with Crippen molar-refractivity contribution in [2.45, 2.75) is 19.4 Å². The molecule has 5 nitrogen and oxygen atoms in total. The standard InChI is InChI=1S/C17H19N3O2/c1-12-9-10-20(15-6-4-3-5-14(15)18-12)17(22)13-7-8-16(21)19(2)11-13/h3-8,11-12,18H,9-10H2,1-2H3. The van der Waals surface area contributed by atoms with Gasteiger partial charge in [0.2, 0.25) is 5.56 Å². The summed E-state index contributed by atoms with van der Waals surface area (Å²) in [6, 6.07) is 11.1. The van der Waals surface area contributed by atoms with Gasteiger partial charge in [-0.1, -0.05) is 12.1 Å². The number of hydrogen-bond acceptors (Lipinski definition) is 3. The lowest BCUT2D eigenvalue weighted by Crippen LogP contribution is -2.33. The molecule has 0 saturated carbocycles. The fraction of sp³-hybridized carbons (Fsp3) is 0.294. The molecule has 3 rings (SSSR count). The summed E-state index contributed by atoms with van der Waals surface area (Å²) < 4.78 is 1.43. The van der Waals surface area contributed by atoms with Gasteiger partial charge in [-0.15, -0.1) is 0 Å². The van der Waals surface area contributed by atoms with Crippen LogP contribution in [0.5, 0.6) is 0 Å². The molecule has 114 valence electrons. The van der Waals surface area contributed by atoms with Crippen molar-refractivity contribution in [3.63, 3.8) is 0 Å². The number of anilines is 2. The van der Waals surface area contributed by atoms with Gasteiger partial charge in [0.25, 0.3) is 5.91 Å². The van der Waals surface area contributed by atoms with Crippen LogP contribution in [-0.4, -0.2) is 23.1 Å². The second-order valence-electron chi connectivity index (χ2n) is 5.67. The highest BCUT2D eigenvalue weighted by molar-refractivity contribution is 6.07. The van der Waals surface area contributed by atoms with Gasteiger partial charge in [-0.3, -0.25) is 9.59 Å². The van der Waals surface area contributed by atoms with Crippen LogP contribution in [0.2, 0.25) is 0 Å². The molecule has 2 aromatic rings. The number of para-hydroxylation sites is 2. The normalized spacial score (nSPS) is 17.4. The van der Waals surface area contributed by atoms with Crippen LogP contribution >= 0.6 is 0 Å². The van der Waals surface area contributed by atoms with Gasteiger partial charge in [-0.2, -0.15) is 0 Å². The summed E-state index contributed by atoms with van der Waals surface area (Å²) in [6.45, 7) is 2.75. The van der Waals surface area contributed by atoms with Crippen LogP contribution in [0.4, 0.5) is 11.4 Å². The summed E-state index contributed by atoms with van der Waals surface area (Å²) in [5.74, 6) is -0.0843. The third-order valence-electron chi connectivity index (χ3n) is 3.96. The summed E-state index contributed by atoms with van der Waals surface area (Å²) in [7, 11) is 1.65. The Morgan fingerprint density at radius 2 is 2.00 bits per heavy atom. The van der Waals surface area contributed by atoms with E-state index in [0.29, 0.717) is 18.2 Å². The van der Waals surface area contributed by atoms with Crippen molar-refractivity contribution >= 4 is 17.3 Å². The SMILES string of the molecule is CC1CCN(C(=O)c2ccc(=O)n(C)c2)c2ccccc2N1. The van der Waals surface area contributed by atoms with Gasteiger partial charge in [-0.05, 0) is 31.5 Å². The number of pyridine rings is 1. The number of hydrogen-bond donors (Lipinski definition) is 1. The monoisotopic (exact) mass is 297 g/mol. The van der Waals surface area contributed by atoms with Crippen LogP contribution in [0.15, 0.2) is 47.4 Å². The van der Waals surface area contributed by atoms with Gasteiger partial charge < -0.3 is 14.8 Å². The van der Waals surface area contributed by atoms with E-state index in [1.54, 1.807) is 24.2 Å². The van der Waals surface area contributed by atoms with Crippen LogP contribution in [0, 0.1) is 0 Å². The zero-order valence-electron chi connectivity index (χ0n) is 12.7. The van der Waals surface area contributed by atoms with Gasteiger partial charge in [-0.25, -0.2) is 0 Å². The largest absolute Gasteiger partial charge is 0.381 e. The Kier molecular flexibility index (Phi) is 3.71. The highest BCUT2D eigenvalue weighted by Gasteiger charge is 2.24. The van der Waals surface area contributed by atoms with Crippen molar-refractivity contribution in [1.82, 2.24) is 4.57 Å². The van der Waals surface area contributed by atoms with Crippen molar-refractivity contribution in [3.8, 4) is 0 Å². The lowest BCUT2D eigenvalue weighted by atomic mass is 10.2. The smallest absolute Gasteiger partial charge is 0.259 e. The number of carbonyl (C=O) groups is 1. The molecule has 1 aromatic carbocycles. The van der Waals surface area contributed by atoms with E-state index < -0.39 is 0 Å². The number of carbonyl (C=O) groups excluding carboxylic acids is 1. The van der Waals surface area contributed by atoms with Crippen LogP contribution in [-0.2, 0) is 7.05 Å². The number of benzene rings is 1. The molecule has 0 aliphatic carbocycles. The predicted octanol–water partition coefficient (Wildman–Crippen LogP) is 2.24. The van der Waals surface area contributed by atoms with Crippen molar-refractivity contribution in [2.24, 2.45) is 7.05 Å². The van der Waals surface area contributed by atoms with Gasteiger partial charge in [0, 0.05) is 31.9 Å². The zero-order valence-corrected chi connectivity index (χ0v) is 12.7. The molecule has 1 aliphatic rings. The second-order valence-corrected chi connectivity index (χ2v) is 5.67. The first-order chi connectivity index (χ1) is 10.6. The Morgan fingerprint density at radius 3 is 2.77 bits per heavy atom. The summed E-state index contributed by atoms with van der Waals surface area (Å²) in [4.78, 5) is 26.1. The number of rotatable bonds is 1. The molecule has 5 heteroatoms. The van der Waals surface area contributed by atoms with Crippen LogP contribution in [0.3, 0.4) is 0 Å². The number of aromatic nitrogens is 1. The number of amides is 1. The molecule has 0 spiro atoms. The number of nitrogens with zero attached hydrogens (tertiary/aromatic N) is 2. The molecular formula is C17H19N3O2. The van der Waals surface area contributed by atoms with Gasteiger partial charge >= 0.3 is 0 Å². The van der Waals surface area contributed by atoms with Crippen molar-refractivity contribution in [2.75, 3.05) is 16.8 Å². The van der Waals surface area contributed by atoms with Crippen LogP contribution in [0.25, 0.3) is 0 Å². The zero-order chi connectivity index (χ0) is 15.7. The maximum Gasteiger partial charge on any atom is 0.259 e. The van der Waals surface area contributed by atoms with Crippen molar-refractivity contribution in [1.29, 1.82) is 0 Å². The Morgan fingerprint density at radius 1 is 1.23 bits per heavy atom. The number of nitrogens with one attached hydrogen (secondary N) is 1. The van der Waals surface area contributed by atoms with E-state index in [2.05, 4.69) is 12.2 Å². The Balaban J connectivity index is 2.01. The minimum absolute atomic E-state index is 0.0843. The Hall–Kier alpha value is -2.56. The van der Waals surface area contributed by atoms with E-state index in [-0.39, 0.29) is 11.5 Å². The minimum Gasteiger partial charge on any atom is -0.381 e. The molecule has 0 bridgehead atoms. The van der Waals surface area contributed by atoms with E-state index in [1.165, 1.54) is 10.6 Å². The van der Waals surface area contributed by atoms with Crippen LogP contribution in [0.1, 0.15) is 23.7 Å². The first-order valence-electron chi connectivity index (χ1n) is 7.40. The molecular weight excluding hydrogens is 278 g/mol. The summed E-state index contributed by atoms with van der Waals surface area (Å²) >= 11 is 0. The lowest BCUT2D eigenvalue weighted by molar-refractivity contribution is 0.0986. The topological polar surface area (TPSA) is 54.3 Å². The van der Waals surface area contributed by atoms with Gasteiger partial charge in [0.15, 0.2) is 0 Å². The highest BCUT2D eigenvalue weighted by Crippen LogP contribution is 2.30. The molecule has 0 saturated heterocycles. The molecule has 1 atom stereocenters. The number of fused-ring (bicyclic) bond motifs is 1. The van der Waals surface area contributed by atoms with E-state index in [9.17, 15) is 9.59 Å².